The normalized spacial score (nSPS) is 22.0. The largest absolute Gasteiger partial charge is 0.491 e. The Bertz CT molecular complexity index is 2300. The summed E-state index contributed by atoms with van der Waals surface area (Å²) in [5, 5.41) is 2.75. The lowest BCUT2D eigenvalue weighted by atomic mass is 10.0. The zero-order chi connectivity index (χ0) is 42.1. The van der Waals surface area contributed by atoms with Crippen LogP contribution in [0.3, 0.4) is 0 Å². The van der Waals surface area contributed by atoms with Gasteiger partial charge >= 0.3 is 6.09 Å². The van der Waals surface area contributed by atoms with Crippen molar-refractivity contribution in [2.24, 2.45) is 11.8 Å². The molecule has 5 aromatic rings. The lowest BCUT2D eigenvalue weighted by Crippen LogP contribution is -2.51. The number of nitrogens with one attached hydrogen (secondary N) is 3. The molecule has 8 rings (SSSR count). The van der Waals surface area contributed by atoms with E-state index in [1.807, 2.05) is 39.5 Å². The third-order valence-electron chi connectivity index (χ3n) is 12.7. The van der Waals surface area contributed by atoms with E-state index >= 15 is 0 Å². The second-order valence-electron chi connectivity index (χ2n) is 17.6. The zero-order valence-electron chi connectivity index (χ0n) is 35.8. The standard InChI is InChI=1S/C47H60N8O5/c1-28(2)43(52-47(58)59-6)46(57)54-23-8-10-42(54)45-49-36-18-12-32(26-38(36)51-45)40-20-19-39(55(40)33-13-15-34(16-14-33)60-29(3)4)31-11-17-35-37(25-31)50-44(48-35)41-9-7-22-53(41)24-21-30(5)27-56/h11-18,25-30,39-43H,7-10,19-24H2,1-6H3,(H,48,50)(H,49,51)(H,52,58)/t30?,39-,40-,41+,42+,43+/m1/s1. The molecule has 0 bridgehead atoms. The first-order chi connectivity index (χ1) is 29.0. The summed E-state index contributed by atoms with van der Waals surface area (Å²) in [5.41, 5.74) is 7.37. The van der Waals surface area contributed by atoms with Crippen molar-refractivity contribution >= 4 is 46.0 Å². The van der Waals surface area contributed by atoms with Crippen LogP contribution in [0.2, 0.25) is 0 Å². The van der Waals surface area contributed by atoms with E-state index in [1.54, 1.807) is 0 Å². The first-order valence-electron chi connectivity index (χ1n) is 21.9. The highest BCUT2D eigenvalue weighted by atomic mass is 16.5. The van der Waals surface area contributed by atoms with Gasteiger partial charge in [0.25, 0.3) is 0 Å². The predicted molar refractivity (Wildman–Crippen MR) is 233 cm³/mol. The van der Waals surface area contributed by atoms with Crippen LogP contribution < -0.4 is 15.0 Å². The van der Waals surface area contributed by atoms with Gasteiger partial charge in [-0.3, -0.25) is 9.69 Å². The van der Waals surface area contributed by atoms with Crippen LogP contribution in [0.25, 0.3) is 22.1 Å². The molecule has 60 heavy (non-hydrogen) atoms. The van der Waals surface area contributed by atoms with Crippen molar-refractivity contribution in [3.63, 3.8) is 0 Å². The van der Waals surface area contributed by atoms with Crippen molar-refractivity contribution in [1.29, 1.82) is 0 Å². The Balaban J connectivity index is 1.08. The highest BCUT2D eigenvalue weighted by Gasteiger charge is 2.39. The highest BCUT2D eigenvalue weighted by molar-refractivity contribution is 5.86. The molecule has 3 saturated heterocycles. The smallest absolute Gasteiger partial charge is 0.407 e. The number of hydrogen-bond acceptors (Lipinski definition) is 9. The van der Waals surface area contributed by atoms with E-state index in [-0.39, 0.29) is 48.0 Å². The molecule has 0 spiro atoms. The van der Waals surface area contributed by atoms with Crippen LogP contribution >= 0.6 is 0 Å². The molecule has 0 saturated carbocycles. The maximum Gasteiger partial charge on any atom is 0.407 e. The molecule has 13 nitrogen and oxygen atoms in total. The Labute approximate surface area is 352 Å². The fourth-order valence-electron chi connectivity index (χ4n) is 9.65. The van der Waals surface area contributed by atoms with E-state index in [9.17, 15) is 14.4 Å². The van der Waals surface area contributed by atoms with Gasteiger partial charge in [0.05, 0.1) is 59.4 Å². The molecule has 13 heteroatoms. The van der Waals surface area contributed by atoms with Crippen LogP contribution in [0.1, 0.15) is 127 Å². The molecule has 318 valence electrons. The number of rotatable bonds is 14. The van der Waals surface area contributed by atoms with Crippen molar-refractivity contribution in [2.75, 3.05) is 31.6 Å². The maximum absolute atomic E-state index is 13.8. The molecule has 1 unspecified atom stereocenters. The lowest BCUT2D eigenvalue weighted by molar-refractivity contribution is -0.135. The number of nitrogens with zero attached hydrogens (tertiary/aromatic N) is 5. The third kappa shape index (κ3) is 8.46. The number of aldehydes is 1. The van der Waals surface area contributed by atoms with Crippen LogP contribution in [-0.2, 0) is 14.3 Å². The number of amides is 2. The van der Waals surface area contributed by atoms with E-state index in [0.29, 0.717) is 6.54 Å². The van der Waals surface area contributed by atoms with Crippen LogP contribution in [0, 0.1) is 11.8 Å². The summed E-state index contributed by atoms with van der Waals surface area (Å²) < 4.78 is 10.9. The van der Waals surface area contributed by atoms with E-state index < -0.39 is 12.1 Å². The molecule has 3 aliphatic heterocycles. The van der Waals surface area contributed by atoms with Crippen LogP contribution in [-0.4, -0.2) is 86.9 Å². The van der Waals surface area contributed by atoms with Gasteiger partial charge in [-0.2, -0.15) is 0 Å². The molecule has 2 aromatic heterocycles. The molecule has 0 aliphatic carbocycles. The van der Waals surface area contributed by atoms with Crippen molar-refractivity contribution in [3.8, 4) is 5.75 Å². The number of aromatic nitrogens is 4. The number of carbonyl (C=O) groups excluding carboxylic acids is 3. The number of carbonyl (C=O) groups is 3. The number of benzene rings is 3. The number of ether oxygens (including phenoxy) is 2. The number of fused-ring (bicyclic) bond motifs is 2. The number of methoxy groups -OCH3 is 1. The minimum atomic E-state index is -0.691. The Morgan fingerprint density at radius 2 is 1.40 bits per heavy atom. The van der Waals surface area contributed by atoms with Gasteiger partial charge in [-0.05, 0) is 137 Å². The SMILES string of the molecule is COC(=O)N[C@H](C(=O)N1CCC[C@H]1c1nc2ccc([C@H]3CC[C@H](c4ccc5nc([C@@H]6CCCN6CCC(C)C=O)[nH]c5c4)N3c3ccc(OC(C)C)cc3)cc2[nH]1)C(C)C. The van der Waals surface area contributed by atoms with Gasteiger partial charge in [-0.1, -0.05) is 32.9 Å². The quantitative estimate of drug-likeness (QED) is 0.0936. The summed E-state index contributed by atoms with van der Waals surface area (Å²) in [5.74, 6) is 2.45. The second-order valence-corrected chi connectivity index (χ2v) is 17.6. The molecule has 3 aliphatic rings. The molecule has 3 fully saturated rings. The number of alkyl carbamates (subject to hydrolysis) is 1. The Morgan fingerprint density at radius 3 is 1.98 bits per heavy atom. The fraction of sp³-hybridized carbons (Fsp3) is 0.511. The summed E-state index contributed by atoms with van der Waals surface area (Å²) >= 11 is 0. The van der Waals surface area contributed by atoms with Gasteiger partial charge in [-0.15, -0.1) is 0 Å². The highest BCUT2D eigenvalue weighted by Crippen LogP contribution is 2.48. The average Bonchev–Trinajstić information content (AvgIpc) is 4.09. The summed E-state index contributed by atoms with van der Waals surface area (Å²) in [6.07, 6.45) is 7.14. The number of anilines is 1. The molecule has 3 aromatic carbocycles. The number of hydrogen-bond donors (Lipinski definition) is 3. The van der Waals surface area contributed by atoms with Crippen LogP contribution in [0.15, 0.2) is 60.7 Å². The van der Waals surface area contributed by atoms with Crippen molar-refractivity contribution in [1.82, 2.24) is 35.1 Å². The summed E-state index contributed by atoms with van der Waals surface area (Å²) in [6.45, 7) is 12.4. The minimum Gasteiger partial charge on any atom is -0.491 e. The molecule has 2 amide bonds. The predicted octanol–water partition coefficient (Wildman–Crippen LogP) is 8.72. The van der Waals surface area contributed by atoms with Crippen LogP contribution in [0.4, 0.5) is 10.5 Å². The zero-order valence-corrected chi connectivity index (χ0v) is 35.8. The third-order valence-corrected chi connectivity index (χ3v) is 12.7. The van der Waals surface area contributed by atoms with Gasteiger partial charge in [0.2, 0.25) is 5.91 Å². The molecule has 6 atom stereocenters. The topological polar surface area (TPSA) is 149 Å². The van der Waals surface area contributed by atoms with Crippen molar-refractivity contribution < 1.29 is 23.9 Å². The first kappa shape index (κ1) is 41.3. The maximum atomic E-state index is 13.8. The van der Waals surface area contributed by atoms with Gasteiger partial charge in [-0.25, -0.2) is 14.8 Å². The molecular weight excluding hydrogens is 757 g/mol. The van der Waals surface area contributed by atoms with Gasteiger partial charge in [0.15, 0.2) is 0 Å². The van der Waals surface area contributed by atoms with E-state index in [1.165, 1.54) is 18.2 Å². The monoisotopic (exact) mass is 816 g/mol. The molecule has 0 radical (unpaired) electrons. The summed E-state index contributed by atoms with van der Waals surface area (Å²) in [6, 6.07) is 21.2. The minimum absolute atomic E-state index is 0.0578. The Hall–Kier alpha value is -5.43. The fourth-order valence-corrected chi connectivity index (χ4v) is 9.65. The van der Waals surface area contributed by atoms with Crippen LogP contribution in [0.5, 0.6) is 5.75 Å². The molecule has 5 heterocycles. The van der Waals surface area contributed by atoms with E-state index in [2.05, 4.69) is 85.7 Å². The first-order valence-corrected chi connectivity index (χ1v) is 21.9. The van der Waals surface area contributed by atoms with Gasteiger partial charge < -0.3 is 39.4 Å². The van der Waals surface area contributed by atoms with Crippen molar-refractivity contribution in [2.45, 2.75) is 116 Å². The summed E-state index contributed by atoms with van der Waals surface area (Å²) in [4.78, 5) is 61.6. The van der Waals surface area contributed by atoms with E-state index in [0.717, 1.165) is 109 Å². The number of imidazole rings is 2. The van der Waals surface area contributed by atoms with E-state index in [4.69, 9.17) is 19.4 Å². The number of H-pyrrole nitrogens is 2. The number of aromatic amines is 2. The molecular formula is C47H60N8O5. The van der Waals surface area contributed by atoms with Gasteiger partial charge in [0.1, 0.15) is 29.7 Å². The molecule has 3 N–H and O–H groups in total. The number of likely N-dealkylation sites (tertiary alicyclic amines) is 2. The van der Waals surface area contributed by atoms with Crippen molar-refractivity contribution in [3.05, 3.63) is 83.4 Å². The lowest BCUT2D eigenvalue weighted by Gasteiger charge is -2.33. The Morgan fingerprint density at radius 1 is 0.800 bits per heavy atom. The second kappa shape index (κ2) is 17.7. The Kier molecular flexibility index (Phi) is 12.2. The van der Waals surface area contributed by atoms with Gasteiger partial charge in [0, 0.05) is 18.2 Å². The average molecular weight is 817 g/mol. The summed E-state index contributed by atoms with van der Waals surface area (Å²) in [7, 11) is 1.31.